The summed E-state index contributed by atoms with van der Waals surface area (Å²) >= 11 is 0. The number of amides is 1. The van der Waals surface area contributed by atoms with E-state index in [1.165, 1.54) is 0 Å². The number of aliphatic carboxylic acids is 1. The van der Waals surface area contributed by atoms with Crippen LogP contribution in [-0.4, -0.2) is 60.0 Å². The predicted molar refractivity (Wildman–Crippen MR) is 74.6 cm³/mol. The number of carboxylic acid groups (broad SMARTS) is 1. The van der Waals surface area contributed by atoms with E-state index in [1.807, 2.05) is 0 Å². The SMILES string of the molecule is CN(C)CC(=O)NC(CCCN/C(N)=C\[N+](=O)[O-])C(=O)O. The van der Waals surface area contributed by atoms with Gasteiger partial charge in [0.05, 0.1) is 11.5 Å². The third kappa shape index (κ3) is 10.1. The van der Waals surface area contributed by atoms with Crippen LogP contribution in [0.4, 0.5) is 0 Å². The first-order chi connectivity index (χ1) is 9.72. The standard InChI is InChI=1S/C11H21N5O5/c1-15(2)7-10(17)14-8(11(18)19)4-3-5-13-9(12)6-16(20)21/h6,8,13H,3-5,7,12H2,1-2H3,(H,14,17)(H,18,19)/b9-6-. The Morgan fingerprint density at radius 2 is 2.10 bits per heavy atom. The average Bonchev–Trinajstić information content (AvgIpc) is 2.30. The van der Waals surface area contributed by atoms with Crippen molar-refractivity contribution < 1.29 is 19.6 Å². The Bertz CT molecular complexity index is 410. The molecule has 120 valence electrons. The van der Waals surface area contributed by atoms with Crippen LogP contribution >= 0.6 is 0 Å². The molecule has 0 aromatic rings. The highest BCUT2D eigenvalue weighted by Gasteiger charge is 2.19. The molecule has 0 saturated heterocycles. The summed E-state index contributed by atoms with van der Waals surface area (Å²) in [5.41, 5.74) is 5.30. The molecule has 1 amide bonds. The molecule has 0 aliphatic rings. The fourth-order valence-corrected chi connectivity index (χ4v) is 1.48. The van der Waals surface area contributed by atoms with Crippen molar-refractivity contribution in [2.45, 2.75) is 18.9 Å². The normalized spacial score (nSPS) is 12.8. The van der Waals surface area contributed by atoms with Gasteiger partial charge in [0.1, 0.15) is 6.04 Å². The van der Waals surface area contributed by atoms with Gasteiger partial charge in [-0.1, -0.05) is 0 Å². The van der Waals surface area contributed by atoms with Crippen molar-refractivity contribution in [1.29, 1.82) is 0 Å². The lowest BCUT2D eigenvalue weighted by Crippen LogP contribution is -2.44. The Hall–Kier alpha value is -2.36. The quantitative estimate of drug-likeness (QED) is 0.217. The average molecular weight is 303 g/mol. The van der Waals surface area contributed by atoms with Crippen LogP contribution in [0.2, 0.25) is 0 Å². The number of nitrogens with one attached hydrogen (secondary N) is 2. The number of nitrogens with zero attached hydrogens (tertiary/aromatic N) is 2. The number of carboxylic acids is 1. The van der Waals surface area contributed by atoms with Crippen LogP contribution in [0.25, 0.3) is 0 Å². The summed E-state index contributed by atoms with van der Waals surface area (Å²) in [4.78, 5) is 33.6. The van der Waals surface area contributed by atoms with E-state index in [-0.39, 0.29) is 31.2 Å². The van der Waals surface area contributed by atoms with E-state index in [0.717, 1.165) is 0 Å². The third-order valence-corrected chi connectivity index (χ3v) is 2.34. The van der Waals surface area contributed by atoms with E-state index in [2.05, 4.69) is 10.6 Å². The zero-order valence-electron chi connectivity index (χ0n) is 12.0. The number of hydrogen-bond acceptors (Lipinski definition) is 7. The van der Waals surface area contributed by atoms with Crippen molar-refractivity contribution >= 4 is 11.9 Å². The molecular formula is C11H21N5O5. The van der Waals surface area contributed by atoms with Gasteiger partial charge in [-0.2, -0.15) is 0 Å². The van der Waals surface area contributed by atoms with Gasteiger partial charge < -0.3 is 26.4 Å². The maximum atomic E-state index is 11.5. The Morgan fingerprint density at radius 3 is 2.57 bits per heavy atom. The van der Waals surface area contributed by atoms with Gasteiger partial charge in [-0.25, -0.2) is 4.79 Å². The topological polar surface area (TPSA) is 151 Å². The number of rotatable bonds is 10. The van der Waals surface area contributed by atoms with Crippen molar-refractivity contribution in [3.8, 4) is 0 Å². The first-order valence-electron chi connectivity index (χ1n) is 6.24. The molecule has 0 aromatic carbocycles. The zero-order chi connectivity index (χ0) is 16.4. The molecule has 0 radical (unpaired) electrons. The van der Waals surface area contributed by atoms with Gasteiger partial charge in [0.2, 0.25) is 5.91 Å². The molecular weight excluding hydrogens is 282 g/mol. The van der Waals surface area contributed by atoms with Gasteiger partial charge >= 0.3 is 5.97 Å². The molecule has 0 saturated carbocycles. The van der Waals surface area contributed by atoms with Crippen LogP contribution in [0.1, 0.15) is 12.8 Å². The van der Waals surface area contributed by atoms with E-state index >= 15 is 0 Å². The Kier molecular flexibility index (Phi) is 8.46. The van der Waals surface area contributed by atoms with Crippen LogP contribution in [0, 0.1) is 10.1 Å². The van der Waals surface area contributed by atoms with Crippen molar-refractivity contribution in [2.24, 2.45) is 5.73 Å². The summed E-state index contributed by atoms with van der Waals surface area (Å²) in [7, 11) is 3.40. The smallest absolute Gasteiger partial charge is 0.326 e. The van der Waals surface area contributed by atoms with E-state index in [9.17, 15) is 19.7 Å². The molecule has 1 unspecified atom stereocenters. The summed E-state index contributed by atoms with van der Waals surface area (Å²) in [5.74, 6) is -1.62. The molecule has 1 atom stereocenters. The summed E-state index contributed by atoms with van der Waals surface area (Å²) in [6, 6.07) is -1.00. The fourth-order valence-electron chi connectivity index (χ4n) is 1.48. The van der Waals surface area contributed by atoms with Crippen LogP contribution in [0.3, 0.4) is 0 Å². The highest BCUT2D eigenvalue weighted by atomic mass is 16.6. The van der Waals surface area contributed by atoms with Crippen molar-refractivity contribution in [3.63, 3.8) is 0 Å². The molecule has 0 rings (SSSR count). The number of carbonyl (C=O) groups excluding carboxylic acids is 1. The molecule has 0 heterocycles. The van der Waals surface area contributed by atoms with Crippen LogP contribution in [0.15, 0.2) is 12.0 Å². The molecule has 10 heteroatoms. The van der Waals surface area contributed by atoms with E-state index < -0.39 is 16.9 Å². The molecule has 0 fully saturated rings. The molecule has 0 aliphatic carbocycles. The number of carbonyl (C=O) groups is 2. The Balaban J connectivity index is 4.14. The highest BCUT2D eigenvalue weighted by molar-refractivity contribution is 5.84. The number of likely N-dealkylation sites (N-methyl/N-ethyl adjacent to an activating group) is 1. The Labute approximate surface area is 122 Å². The molecule has 10 nitrogen and oxygen atoms in total. The van der Waals surface area contributed by atoms with Gasteiger partial charge in [0.15, 0.2) is 5.82 Å². The van der Waals surface area contributed by atoms with Crippen molar-refractivity contribution in [1.82, 2.24) is 15.5 Å². The predicted octanol–water partition coefficient (Wildman–Crippen LogP) is -1.48. The van der Waals surface area contributed by atoms with Crippen molar-refractivity contribution in [2.75, 3.05) is 27.2 Å². The van der Waals surface area contributed by atoms with Gasteiger partial charge in [-0.3, -0.25) is 14.9 Å². The fraction of sp³-hybridized carbons (Fsp3) is 0.636. The van der Waals surface area contributed by atoms with Crippen LogP contribution in [-0.2, 0) is 9.59 Å². The van der Waals surface area contributed by atoms with Gasteiger partial charge in [0.25, 0.3) is 6.20 Å². The summed E-state index contributed by atoms with van der Waals surface area (Å²) in [6.45, 7) is 0.365. The lowest BCUT2D eigenvalue weighted by Gasteiger charge is -2.16. The van der Waals surface area contributed by atoms with Crippen LogP contribution < -0.4 is 16.4 Å². The summed E-state index contributed by atoms with van der Waals surface area (Å²) in [6.07, 6.45) is 1.19. The third-order valence-electron chi connectivity index (χ3n) is 2.34. The minimum Gasteiger partial charge on any atom is -0.480 e. The number of nitrogens with two attached hydrogens (primary N) is 1. The Morgan fingerprint density at radius 1 is 1.48 bits per heavy atom. The molecule has 0 spiro atoms. The summed E-state index contributed by atoms with van der Waals surface area (Å²) < 4.78 is 0. The lowest BCUT2D eigenvalue weighted by atomic mass is 10.1. The minimum absolute atomic E-state index is 0.0978. The van der Waals surface area contributed by atoms with Gasteiger partial charge in [-0.15, -0.1) is 0 Å². The monoisotopic (exact) mass is 303 g/mol. The molecule has 0 aliphatic heterocycles. The zero-order valence-corrected chi connectivity index (χ0v) is 12.0. The molecule has 21 heavy (non-hydrogen) atoms. The second kappa shape index (κ2) is 9.53. The van der Waals surface area contributed by atoms with Crippen LogP contribution in [0.5, 0.6) is 0 Å². The largest absolute Gasteiger partial charge is 0.480 e. The van der Waals surface area contributed by atoms with Crippen molar-refractivity contribution in [3.05, 3.63) is 22.1 Å². The minimum atomic E-state index is -1.13. The highest BCUT2D eigenvalue weighted by Crippen LogP contribution is 1.98. The second-order valence-corrected chi connectivity index (χ2v) is 4.63. The van der Waals surface area contributed by atoms with E-state index in [0.29, 0.717) is 12.6 Å². The first kappa shape index (κ1) is 18.6. The summed E-state index contributed by atoms with van der Waals surface area (Å²) in [5, 5.41) is 24.1. The van der Waals surface area contributed by atoms with E-state index in [4.69, 9.17) is 10.8 Å². The van der Waals surface area contributed by atoms with E-state index in [1.54, 1.807) is 19.0 Å². The second-order valence-electron chi connectivity index (χ2n) is 4.63. The molecule has 0 aromatic heterocycles. The first-order valence-corrected chi connectivity index (χ1v) is 6.24. The maximum absolute atomic E-state index is 11.5. The molecule has 0 bridgehead atoms. The number of nitro groups is 1. The van der Waals surface area contributed by atoms with Gasteiger partial charge in [-0.05, 0) is 26.9 Å². The lowest BCUT2D eigenvalue weighted by molar-refractivity contribution is -0.403. The van der Waals surface area contributed by atoms with Gasteiger partial charge in [0, 0.05) is 6.54 Å². The molecule has 5 N–H and O–H groups in total. The number of hydrogen-bond donors (Lipinski definition) is 4. The maximum Gasteiger partial charge on any atom is 0.326 e.